The topological polar surface area (TPSA) is 87.0 Å². The summed E-state index contributed by atoms with van der Waals surface area (Å²) in [5, 5.41) is 3.43. The Bertz CT molecular complexity index is 490. The minimum Gasteiger partial charge on any atom is -0.391 e. The lowest BCUT2D eigenvalue weighted by Crippen LogP contribution is -2.40. The van der Waals surface area contributed by atoms with Crippen LogP contribution in [0.1, 0.15) is 25.7 Å². The van der Waals surface area contributed by atoms with E-state index in [9.17, 15) is 4.79 Å². The highest BCUT2D eigenvalue weighted by Crippen LogP contribution is 2.33. The summed E-state index contributed by atoms with van der Waals surface area (Å²) >= 11 is 0. The van der Waals surface area contributed by atoms with E-state index < -0.39 is 0 Å². The highest BCUT2D eigenvalue weighted by molar-refractivity contribution is 5.62. The molecule has 2 aliphatic rings. The number of hydrogen-bond acceptors (Lipinski definition) is 5. The second-order valence-corrected chi connectivity index (χ2v) is 5.56. The summed E-state index contributed by atoms with van der Waals surface area (Å²) in [4.78, 5) is 20.7. The fourth-order valence-corrected chi connectivity index (χ4v) is 2.78. The normalized spacial score (nSPS) is 23.3. The van der Waals surface area contributed by atoms with E-state index in [1.54, 1.807) is 0 Å². The Morgan fingerprint density at radius 3 is 2.95 bits per heavy atom. The smallest absolute Gasteiger partial charge is 0.276 e. The molecule has 1 aromatic heterocycles. The zero-order chi connectivity index (χ0) is 13.2. The van der Waals surface area contributed by atoms with Crippen LogP contribution in [-0.4, -0.2) is 35.6 Å². The minimum absolute atomic E-state index is 0.239. The van der Waals surface area contributed by atoms with Crippen LogP contribution < -0.4 is 21.5 Å². The quantitative estimate of drug-likeness (QED) is 0.728. The molecule has 1 aliphatic carbocycles. The molecule has 0 spiro atoms. The predicted molar refractivity (Wildman–Crippen MR) is 75.2 cm³/mol. The van der Waals surface area contributed by atoms with Gasteiger partial charge in [-0.15, -0.1) is 0 Å². The minimum atomic E-state index is -0.239. The molecule has 4 N–H and O–H groups in total. The molecule has 1 atom stereocenters. The highest BCUT2D eigenvalue weighted by Gasteiger charge is 2.33. The number of nitrogens with one attached hydrogen (secondary N) is 2. The lowest BCUT2D eigenvalue weighted by atomic mass is 9.99. The molecular weight excluding hydrogens is 242 g/mol. The van der Waals surface area contributed by atoms with Gasteiger partial charge in [-0.3, -0.25) is 4.79 Å². The SMILES string of the molecule is Nc1c(N(CC2CCCNC2)C2CC2)nc[nH]c1=O. The van der Waals surface area contributed by atoms with Crippen molar-refractivity contribution in [2.45, 2.75) is 31.7 Å². The van der Waals surface area contributed by atoms with Gasteiger partial charge in [-0.05, 0) is 44.7 Å². The van der Waals surface area contributed by atoms with E-state index in [1.165, 1.54) is 32.0 Å². The number of rotatable bonds is 4. The first kappa shape index (κ1) is 12.5. The zero-order valence-electron chi connectivity index (χ0n) is 11.1. The zero-order valence-corrected chi connectivity index (χ0v) is 11.1. The van der Waals surface area contributed by atoms with Gasteiger partial charge in [0.05, 0.1) is 6.33 Å². The Labute approximate surface area is 112 Å². The van der Waals surface area contributed by atoms with Crippen LogP contribution in [0.15, 0.2) is 11.1 Å². The van der Waals surface area contributed by atoms with E-state index in [0.29, 0.717) is 17.8 Å². The van der Waals surface area contributed by atoms with E-state index in [4.69, 9.17) is 5.73 Å². The van der Waals surface area contributed by atoms with Gasteiger partial charge in [-0.1, -0.05) is 0 Å². The van der Waals surface area contributed by atoms with Crippen molar-refractivity contribution >= 4 is 11.5 Å². The van der Waals surface area contributed by atoms with Gasteiger partial charge in [-0.25, -0.2) is 4.98 Å². The van der Waals surface area contributed by atoms with E-state index >= 15 is 0 Å². The van der Waals surface area contributed by atoms with Gasteiger partial charge in [-0.2, -0.15) is 0 Å². The number of nitrogens with two attached hydrogens (primary N) is 1. The van der Waals surface area contributed by atoms with Crippen LogP contribution in [0.4, 0.5) is 11.5 Å². The first-order chi connectivity index (χ1) is 9.25. The number of aromatic nitrogens is 2. The Hall–Kier alpha value is -1.56. The molecule has 1 saturated heterocycles. The molecule has 0 radical (unpaired) electrons. The molecule has 0 bridgehead atoms. The van der Waals surface area contributed by atoms with Gasteiger partial charge in [0.15, 0.2) is 5.82 Å². The molecular formula is C13H21N5O. The monoisotopic (exact) mass is 263 g/mol. The van der Waals surface area contributed by atoms with Gasteiger partial charge < -0.3 is 20.9 Å². The number of nitrogens with zero attached hydrogens (tertiary/aromatic N) is 2. The Morgan fingerprint density at radius 2 is 2.26 bits per heavy atom. The standard InChI is InChI=1S/C13H21N5O/c14-11-12(16-8-17-13(11)19)18(10-3-4-10)7-9-2-1-5-15-6-9/h8-10,15H,1-7,14H2,(H,16,17,19). The third-order valence-electron chi connectivity index (χ3n) is 3.98. The third kappa shape index (κ3) is 2.73. The molecule has 1 saturated carbocycles. The summed E-state index contributed by atoms with van der Waals surface area (Å²) in [7, 11) is 0. The van der Waals surface area contributed by atoms with E-state index in [-0.39, 0.29) is 11.2 Å². The molecule has 3 rings (SSSR count). The lowest BCUT2D eigenvalue weighted by molar-refractivity contribution is 0.375. The average molecular weight is 263 g/mol. The molecule has 1 aromatic rings. The first-order valence-electron chi connectivity index (χ1n) is 7.06. The molecule has 104 valence electrons. The maximum atomic E-state index is 11.6. The summed E-state index contributed by atoms with van der Waals surface area (Å²) in [6.45, 7) is 3.11. The summed E-state index contributed by atoms with van der Waals surface area (Å²) in [6.07, 6.45) is 6.26. The molecule has 1 aliphatic heterocycles. The van der Waals surface area contributed by atoms with Crippen molar-refractivity contribution in [1.82, 2.24) is 15.3 Å². The van der Waals surface area contributed by atoms with Crippen LogP contribution in [0.2, 0.25) is 0 Å². The Morgan fingerprint density at radius 1 is 1.42 bits per heavy atom. The van der Waals surface area contributed by atoms with Crippen molar-refractivity contribution in [3.05, 3.63) is 16.7 Å². The number of nitrogen functional groups attached to an aromatic ring is 1. The highest BCUT2D eigenvalue weighted by atomic mass is 16.1. The second-order valence-electron chi connectivity index (χ2n) is 5.56. The fourth-order valence-electron chi connectivity index (χ4n) is 2.78. The molecule has 0 aromatic carbocycles. The van der Waals surface area contributed by atoms with Gasteiger partial charge in [0.1, 0.15) is 5.69 Å². The van der Waals surface area contributed by atoms with Crippen LogP contribution in [0, 0.1) is 5.92 Å². The number of aromatic amines is 1. The van der Waals surface area contributed by atoms with Crippen molar-refractivity contribution in [3.63, 3.8) is 0 Å². The van der Waals surface area contributed by atoms with Gasteiger partial charge in [0.2, 0.25) is 0 Å². The summed E-state index contributed by atoms with van der Waals surface area (Å²) in [6, 6.07) is 0.513. The number of anilines is 2. The van der Waals surface area contributed by atoms with Crippen LogP contribution in [0.25, 0.3) is 0 Å². The van der Waals surface area contributed by atoms with Crippen molar-refractivity contribution < 1.29 is 0 Å². The largest absolute Gasteiger partial charge is 0.391 e. The second kappa shape index (κ2) is 5.21. The van der Waals surface area contributed by atoms with Crippen molar-refractivity contribution in [2.24, 2.45) is 5.92 Å². The number of hydrogen-bond donors (Lipinski definition) is 3. The van der Waals surface area contributed by atoms with E-state index in [2.05, 4.69) is 20.2 Å². The Kier molecular flexibility index (Phi) is 3.42. The summed E-state index contributed by atoms with van der Waals surface area (Å²) in [5.74, 6) is 1.28. The molecule has 6 nitrogen and oxygen atoms in total. The third-order valence-corrected chi connectivity index (χ3v) is 3.98. The molecule has 19 heavy (non-hydrogen) atoms. The maximum absolute atomic E-state index is 11.6. The van der Waals surface area contributed by atoms with Crippen LogP contribution in [0.5, 0.6) is 0 Å². The van der Waals surface area contributed by atoms with Crippen molar-refractivity contribution in [2.75, 3.05) is 30.3 Å². The van der Waals surface area contributed by atoms with Gasteiger partial charge in [0.25, 0.3) is 5.56 Å². The molecule has 1 unspecified atom stereocenters. The molecule has 6 heteroatoms. The Balaban J connectivity index is 1.80. The fraction of sp³-hybridized carbons (Fsp3) is 0.692. The first-order valence-corrected chi connectivity index (χ1v) is 7.06. The van der Waals surface area contributed by atoms with Crippen LogP contribution in [0.3, 0.4) is 0 Å². The number of H-pyrrole nitrogens is 1. The summed E-state index contributed by atoms with van der Waals surface area (Å²) in [5.41, 5.74) is 5.90. The van der Waals surface area contributed by atoms with Gasteiger partial charge >= 0.3 is 0 Å². The van der Waals surface area contributed by atoms with Crippen molar-refractivity contribution in [3.8, 4) is 0 Å². The van der Waals surface area contributed by atoms with E-state index in [1.807, 2.05) is 0 Å². The molecule has 2 heterocycles. The molecule has 0 amide bonds. The van der Waals surface area contributed by atoms with Crippen LogP contribution >= 0.6 is 0 Å². The predicted octanol–water partition coefficient (Wildman–Crippen LogP) is 0.320. The number of piperidine rings is 1. The lowest BCUT2D eigenvalue weighted by Gasteiger charge is -2.31. The van der Waals surface area contributed by atoms with Gasteiger partial charge in [0, 0.05) is 12.6 Å². The summed E-state index contributed by atoms with van der Waals surface area (Å²) < 4.78 is 0. The maximum Gasteiger partial charge on any atom is 0.276 e. The average Bonchev–Trinajstić information content (AvgIpc) is 3.25. The molecule has 2 fully saturated rings. The van der Waals surface area contributed by atoms with Crippen LogP contribution in [-0.2, 0) is 0 Å². The van der Waals surface area contributed by atoms with Crippen molar-refractivity contribution in [1.29, 1.82) is 0 Å². The van der Waals surface area contributed by atoms with E-state index in [0.717, 1.165) is 19.6 Å².